The average Bonchev–Trinajstić information content (AvgIpc) is 3.47. The van der Waals surface area contributed by atoms with Gasteiger partial charge in [-0.15, -0.1) is 0 Å². The number of piperazine rings is 1. The number of amides is 3. The minimum Gasteiger partial charge on any atom is -0.497 e. The maximum Gasteiger partial charge on any atom is 0.226 e. The SMILES string of the molecule is COc1ccc(CNC(=O)C2CC2C(=O)N2CCN(C=O)CC2)cc1. The van der Waals surface area contributed by atoms with E-state index in [2.05, 4.69) is 5.32 Å². The van der Waals surface area contributed by atoms with Crippen molar-refractivity contribution >= 4 is 18.2 Å². The van der Waals surface area contributed by atoms with Crippen LogP contribution in [0.3, 0.4) is 0 Å². The van der Waals surface area contributed by atoms with E-state index in [1.165, 1.54) is 0 Å². The summed E-state index contributed by atoms with van der Waals surface area (Å²) in [5.74, 6) is 0.307. The molecule has 1 N–H and O–H groups in total. The minimum atomic E-state index is -0.227. The standard InChI is InChI=1S/C18H23N3O4/c1-25-14-4-2-13(3-5-14)11-19-17(23)15-10-16(15)18(24)21-8-6-20(12-22)7-9-21/h2-5,12,15-16H,6-11H2,1H3,(H,19,23). The van der Waals surface area contributed by atoms with Crippen molar-refractivity contribution in [2.24, 2.45) is 11.8 Å². The molecule has 0 spiro atoms. The summed E-state index contributed by atoms with van der Waals surface area (Å²) in [6.45, 7) is 2.67. The molecule has 25 heavy (non-hydrogen) atoms. The quantitative estimate of drug-likeness (QED) is 0.750. The third-order valence-corrected chi connectivity index (χ3v) is 4.85. The number of methoxy groups -OCH3 is 1. The van der Waals surface area contributed by atoms with E-state index in [0.717, 1.165) is 17.7 Å². The summed E-state index contributed by atoms with van der Waals surface area (Å²) in [5, 5.41) is 2.90. The lowest BCUT2D eigenvalue weighted by Crippen LogP contribution is -2.48. The van der Waals surface area contributed by atoms with Crippen LogP contribution in [0.5, 0.6) is 5.75 Å². The molecular weight excluding hydrogens is 322 g/mol. The van der Waals surface area contributed by atoms with E-state index in [-0.39, 0.29) is 23.7 Å². The number of hydrogen-bond acceptors (Lipinski definition) is 4. The smallest absolute Gasteiger partial charge is 0.226 e. The fourth-order valence-corrected chi connectivity index (χ4v) is 3.10. The predicted octanol–water partition coefficient (Wildman–Crippen LogP) is 0.248. The number of carbonyl (C=O) groups excluding carboxylic acids is 3. The van der Waals surface area contributed by atoms with Crippen LogP contribution in [0.4, 0.5) is 0 Å². The van der Waals surface area contributed by atoms with E-state index >= 15 is 0 Å². The molecular formula is C18H23N3O4. The van der Waals surface area contributed by atoms with Crippen LogP contribution in [0.25, 0.3) is 0 Å². The van der Waals surface area contributed by atoms with Gasteiger partial charge in [-0.3, -0.25) is 14.4 Å². The highest BCUT2D eigenvalue weighted by Crippen LogP contribution is 2.40. The highest BCUT2D eigenvalue weighted by Gasteiger charge is 2.49. The second-order valence-electron chi connectivity index (χ2n) is 6.48. The van der Waals surface area contributed by atoms with Gasteiger partial charge in [0.05, 0.1) is 18.9 Å². The summed E-state index contributed by atoms with van der Waals surface area (Å²) >= 11 is 0. The van der Waals surface area contributed by atoms with Gasteiger partial charge in [-0.05, 0) is 24.1 Å². The van der Waals surface area contributed by atoms with Crippen LogP contribution in [0.1, 0.15) is 12.0 Å². The lowest BCUT2D eigenvalue weighted by molar-refractivity contribution is -0.137. The van der Waals surface area contributed by atoms with Gasteiger partial charge in [-0.1, -0.05) is 12.1 Å². The molecule has 0 radical (unpaired) electrons. The third kappa shape index (κ3) is 4.10. The lowest BCUT2D eigenvalue weighted by atomic mass is 10.2. The Morgan fingerprint density at radius 1 is 1.16 bits per heavy atom. The fraction of sp³-hybridized carbons (Fsp3) is 0.500. The minimum absolute atomic E-state index is 0.0372. The molecule has 134 valence electrons. The van der Waals surface area contributed by atoms with Gasteiger partial charge < -0.3 is 19.9 Å². The van der Waals surface area contributed by atoms with Crippen LogP contribution in [0.2, 0.25) is 0 Å². The second kappa shape index (κ2) is 7.55. The molecule has 7 heteroatoms. The summed E-state index contributed by atoms with van der Waals surface area (Å²) in [5.41, 5.74) is 0.989. The Hall–Kier alpha value is -2.57. The van der Waals surface area contributed by atoms with Gasteiger partial charge in [0, 0.05) is 32.7 Å². The van der Waals surface area contributed by atoms with E-state index in [4.69, 9.17) is 4.74 Å². The first-order valence-electron chi connectivity index (χ1n) is 8.51. The highest BCUT2D eigenvalue weighted by molar-refractivity contribution is 5.92. The van der Waals surface area contributed by atoms with E-state index in [9.17, 15) is 14.4 Å². The normalized spacial score (nSPS) is 22.3. The van der Waals surface area contributed by atoms with Gasteiger partial charge in [-0.25, -0.2) is 0 Å². The molecule has 1 aliphatic carbocycles. The van der Waals surface area contributed by atoms with Crippen molar-refractivity contribution in [2.75, 3.05) is 33.3 Å². The van der Waals surface area contributed by atoms with Gasteiger partial charge in [-0.2, -0.15) is 0 Å². The van der Waals surface area contributed by atoms with Crippen molar-refractivity contribution in [2.45, 2.75) is 13.0 Å². The Labute approximate surface area is 146 Å². The first-order chi connectivity index (χ1) is 12.1. The summed E-state index contributed by atoms with van der Waals surface area (Å²) in [4.78, 5) is 38.8. The molecule has 2 aliphatic rings. The zero-order chi connectivity index (χ0) is 17.8. The monoisotopic (exact) mass is 345 g/mol. The Balaban J connectivity index is 1.43. The molecule has 7 nitrogen and oxygen atoms in total. The molecule has 1 aliphatic heterocycles. The molecule has 1 aromatic rings. The number of nitrogens with one attached hydrogen (secondary N) is 1. The van der Waals surface area contributed by atoms with Crippen LogP contribution in [0, 0.1) is 11.8 Å². The van der Waals surface area contributed by atoms with Crippen molar-refractivity contribution in [1.82, 2.24) is 15.1 Å². The molecule has 1 saturated heterocycles. The Morgan fingerprint density at radius 2 is 1.84 bits per heavy atom. The third-order valence-electron chi connectivity index (χ3n) is 4.85. The average molecular weight is 345 g/mol. The lowest BCUT2D eigenvalue weighted by Gasteiger charge is -2.32. The molecule has 3 amide bonds. The Bertz CT molecular complexity index is 638. The second-order valence-corrected chi connectivity index (χ2v) is 6.48. The van der Waals surface area contributed by atoms with Gasteiger partial charge in [0.2, 0.25) is 18.2 Å². The molecule has 1 aromatic carbocycles. The Kier molecular flexibility index (Phi) is 5.21. The van der Waals surface area contributed by atoms with Crippen molar-refractivity contribution < 1.29 is 19.1 Å². The largest absolute Gasteiger partial charge is 0.497 e. The van der Waals surface area contributed by atoms with Crippen LogP contribution in [0.15, 0.2) is 24.3 Å². The summed E-state index contributed by atoms with van der Waals surface area (Å²) in [6, 6.07) is 7.51. The first-order valence-corrected chi connectivity index (χ1v) is 8.51. The van der Waals surface area contributed by atoms with Crippen LogP contribution >= 0.6 is 0 Å². The zero-order valence-corrected chi connectivity index (χ0v) is 14.3. The Morgan fingerprint density at radius 3 is 2.44 bits per heavy atom. The molecule has 3 rings (SSSR count). The summed E-state index contributed by atoms with van der Waals surface area (Å²) in [7, 11) is 1.61. The maximum absolute atomic E-state index is 12.4. The number of hydrogen-bond donors (Lipinski definition) is 1. The van der Waals surface area contributed by atoms with E-state index in [1.54, 1.807) is 16.9 Å². The van der Waals surface area contributed by atoms with Gasteiger partial charge >= 0.3 is 0 Å². The fourth-order valence-electron chi connectivity index (χ4n) is 3.10. The number of rotatable bonds is 6. The number of nitrogens with zero attached hydrogens (tertiary/aromatic N) is 2. The molecule has 1 heterocycles. The number of benzene rings is 1. The van der Waals surface area contributed by atoms with Crippen molar-refractivity contribution in [3.8, 4) is 5.75 Å². The van der Waals surface area contributed by atoms with Gasteiger partial charge in [0.25, 0.3) is 0 Å². The molecule has 2 fully saturated rings. The predicted molar refractivity (Wildman–Crippen MR) is 90.7 cm³/mol. The number of ether oxygens (including phenoxy) is 1. The first kappa shape index (κ1) is 17.3. The van der Waals surface area contributed by atoms with E-state index in [0.29, 0.717) is 39.1 Å². The molecule has 0 bridgehead atoms. The van der Waals surface area contributed by atoms with E-state index in [1.807, 2.05) is 24.3 Å². The molecule has 2 unspecified atom stereocenters. The highest BCUT2D eigenvalue weighted by atomic mass is 16.5. The topological polar surface area (TPSA) is 79.0 Å². The van der Waals surface area contributed by atoms with E-state index < -0.39 is 0 Å². The summed E-state index contributed by atoms with van der Waals surface area (Å²) in [6.07, 6.45) is 1.43. The van der Waals surface area contributed by atoms with Gasteiger partial charge in [0.15, 0.2) is 0 Å². The molecule has 1 saturated carbocycles. The van der Waals surface area contributed by atoms with Crippen LogP contribution in [-0.4, -0.2) is 61.3 Å². The van der Waals surface area contributed by atoms with Crippen molar-refractivity contribution in [1.29, 1.82) is 0 Å². The van der Waals surface area contributed by atoms with Crippen molar-refractivity contribution in [3.63, 3.8) is 0 Å². The van der Waals surface area contributed by atoms with Crippen molar-refractivity contribution in [3.05, 3.63) is 29.8 Å². The molecule has 0 aromatic heterocycles. The molecule has 2 atom stereocenters. The number of carbonyl (C=O) groups is 3. The maximum atomic E-state index is 12.4. The zero-order valence-electron chi connectivity index (χ0n) is 14.3. The van der Waals surface area contributed by atoms with Crippen LogP contribution < -0.4 is 10.1 Å². The summed E-state index contributed by atoms with van der Waals surface area (Å²) < 4.78 is 5.10. The van der Waals surface area contributed by atoms with Gasteiger partial charge in [0.1, 0.15) is 5.75 Å². The van der Waals surface area contributed by atoms with Crippen LogP contribution in [-0.2, 0) is 20.9 Å².